The lowest BCUT2D eigenvalue weighted by Crippen LogP contribution is -2.63. The standard InChI is InChI=1S/C4H2F9NOS/c5-1(6,3(9,10)11)2(7,8)4(12,13)16(14)15/h14H2/t16-/m1/s1. The maximum absolute atomic E-state index is 12.2. The van der Waals surface area contributed by atoms with Gasteiger partial charge in [0.05, 0.1) is 0 Å². The largest absolute Gasteiger partial charge is 0.460 e. The number of alkyl halides is 9. The number of rotatable bonds is 3. The molecule has 0 rings (SSSR count). The van der Waals surface area contributed by atoms with Gasteiger partial charge < -0.3 is 0 Å². The maximum Gasteiger partial charge on any atom is 0.460 e. The summed E-state index contributed by atoms with van der Waals surface area (Å²) in [7, 11) is -4.39. The highest BCUT2D eigenvalue weighted by Crippen LogP contribution is 2.53. The van der Waals surface area contributed by atoms with E-state index in [0.717, 1.165) is 0 Å². The van der Waals surface area contributed by atoms with Crippen LogP contribution in [-0.2, 0) is 11.0 Å². The molecule has 0 aliphatic carbocycles. The number of halogens is 9. The van der Waals surface area contributed by atoms with Crippen LogP contribution < -0.4 is 5.14 Å². The molecule has 98 valence electrons. The average Bonchev–Trinajstić information content (AvgIpc) is 2.00. The second-order valence-corrected chi connectivity index (χ2v) is 3.57. The van der Waals surface area contributed by atoms with Crippen LogP contribution in [0.4, 0.5) is 39.5 Å². The van der Waals surface area contributed by atoms with E-state index in [9.17, 15) is 43.7 Å². The molecule has 16 heavy (non-hydrogen) atoms. The van der Waals surface area contributed by atoms with Crippen LogP contribution in [0.2, 0.25) is 0 Å². The van der Waals surface area contributed by atoms with Gasteiger partial charge in [-0.25, -0.2) is 9.35 Å². The van der Waals surface area contributed by atoms with Crippen LogP contribution in [0.25, 0.3) is 0 Å². The zero-order valence-electron chi connectivity index (χ0n) is 6.80. The summed E-state index contributed by atoms with van der Waals surface area (Å²) in [5.74, 6) is -14.0. The van der Waals surface area contributed by atoms with Gasteiger partial charge >= 0.3 is 23.3 Å². The monoisotopic (exact) mass is 283 g/mol. The van der Waals surface area contributed by atoms with Crippen LogP contribution in [0, 0.1) is 0 Å². The second kappa shape index (κ2) is 3.75. The molecule has 2 nitrogen and oxygen atoms in total. The van der Waals surface area contributed by atoms with Crippen LogP contribution in [0.5, 0.6) is 0 Å². The van der Waals surface area contributed by atoms with Gasteiger partial charge in [0.2, 0.25) is 0 Å². The predicted octanol–water partition coefficient (Wildman–Crippen LogP) is 2.03. The van der Waals surface area contributed by atoms with Crippen LogP contribution in [0.1, 0.15) is 0 Å². The molecule has 1 atom stereocenters. The van der Waals surface area contributed by atoms with Crippen LogP contribution in [0.15, 0.2) is 0 Å². The molecule has 0 amide bonds. The summed E-state index contributed by atoms with van der Waals surface area (Å²) < 4.78 is 117. The Morgan fingerprint density at radius 1 is 0.750 bits per heavy atom. The number of nitrogens with two attached hydrogens (primary N) is 1. The van der Waals surface area contributed by atoms with E-state index in [1.165, 1.54) is 0 Å². The highest BCUT2D eigenvalue weighted by molar-refractivity contribution is 7.83. The fourth-order valence-electron chi connectivity index (χ4n) is 0.487. The minimum Gasteiger partial charge on any atom is -0.246 e. The smallest absolute Gasteiger partial charge is 0.246 e. The minimum absolute atomic E-state index is 3.74. The van der Waals surface area contributed by atoms with Crippen molar-refractivity contribution in [1.29, 1.82) is 0 Å². The Hall–Kier alpha value is -0.520. The highest BCUT2D eigenvalue weighted by atomic mass is 32.2. The van der Waals surface area contributed by atoms with E-state index in [1.54, 1.807) is 0 Å². The molecule has 0 radical (unpaired) electrons. The Balaban J connectivity index is 5.62. The van der Waals surface area contributed by atoms with Gasteiger partial charge in [0.25, 0.3) is 0 Å². The normalized spacial score (nSPS) is 17.4. The van der Waals surface area contributed by atoms with E-state index in [4.69, 9.17) is 0 Å². The van der Waals surface area contributed by atoms with Crippen molar-refractivity contribution < 1.29 is 43.7 Å². The molecule has 0 aromatic heterocycles. The van der Waals surface area contributed by atoms with Crippen molar-refractivity contribution >= 4 is 11.0 Å². The van der Waals surface area contributed by atoms with E-state index in [0.29, 0.717) is 0 Å². The molecule has 0 spiro atoms. The molecule has 0 aliphatic rings. The van der Waals surface area contributed by atoms with E-state index < -0.39 is 34.3 Å². The van der Waals surface area contributed by atoms with Gasteiger partial charge in [-0.1, -0.05) is 0 Å². The first-order valence-corrected chi connectivity index (χ1v) is 4.27. The van der Waals surface area contributed by atoms with Crippen molar-refractivity contribution in [3.63, 3.8) is 0 Å². The first-order valence-electron chi connectivity index (χ1n) is 3.06. The Bertz CT molecular complexity index is 296. The lowest BCUT2D eigenvalue weighted by Gasteiger charge is -2.31. The quantitative estimate of drug-likeness (QED) is 0.791. The van der Waals surface area contributed by atoms with E-state index >= 15 is 0 Å². The van der Waals surface area contributed by atoms with Gasteiger partial charge in [-0.05, 0) is 0 Å². The third-order valence-electron chi connectivity index (χ3n) is 1.37. The van der Waals surface area contributed by atoms with Crippen LogP contribution in [0.3, 0.4) is 0 Å². The molecule has 0 aliphatic heterocycles. The summed E-state index contributed by atoms with van der Waals surface area (Å²) in [5, 5.41) is -2.48. The van der Waals surface area contributed by atoms with Gasteiger partial charge in [0, 0.05) is 0 Å². The van der Waals surface area contributed by atoms with Crippen molar-refractivity contribution in [2.24, 2.45) is 5.14 Å². The van der Waals surface area contributed by atoms with Crippen LogP contribution in [-0.4, -0.2) is 27.5 Å². The molecular weight excluding hydrogens is 281 g/mol. The fraction of sp³-hybridized carbons (Fsp3) is 1.00. The van der Waals surface area contributed by atoms with Crippen molar-refractivity contribution in [3.05, 3.63) is 0 Å². The Kier molecular flexibility index (Phi) is 3.63. The molecule has 0 aromatic rings. The SMILES string of the molecule is N[S@](=O)C(F)(F)C(F)(F)C(F)(F)C(F)(F)F. The molecule has 0 saturated carbocycles. The molecule has 0 saturated heterocycles. The van der Waals surface area contributed by atoms with Gasteiger partial charge in [0.1, 0.15) is 0 Å². The minimum atomic E-state index is -7.06. The third kappa shape index (κ3) is 1.99. The lowest BCUT2D eigenvalue weighted by molar-refractivity contribution is -0.381. The second-order valence-electron chi connectivity index (χ2n) is 2.46. The van der Waals surface area contributed by atoms with E-state index in [2.05, 4.69) is 5.14 Å². The summed E-state index contributed by atoms with van der Waals surface area (Å²) in [6.45, 7) is 0. The molecular formula is C4H2F9NOS. The lowest BCUT2D eigenvalue weighted by atomic mass is 10.1. The zero-order valence-corrected chi connectivity index (χ0v) is 7.61. The molecule has 0 unspecified atom stereocenters. The molecule has 12 heteroatoms. The predicted molar refractivity (Wildman–Crippen MR) is 33.2 cm³/mol. The van der Waals surface area contributed by atoms with Crippen LogP contribution >= 0.6 is 0 Å². The molecule has 0 aromatic carbocycles. The van der Waals surface area contributed by atoms with Crippen molar-refractivity contribution in [3.8, 4) is 0 Å². The summed E-state index contributed by atoms with van der Waals surface area (Å²) in [4.78, 5) is 0. The summed E-state index contributed by atoms with van der Waals surface area (Å²) in [6.07, 6.45) is -6.93. The Morgan fingerprint density at radius 3 is 1.25 bits per heavy atom. The average molecular weight is 283 g/mol. The molecule has 2 N–H and O–H groups in total. The molecule has 0 heterocycles. The van der Waals surface area contributed by atoms with Crippen molar-refractivity contribution in [2.75, 3.05) is 0 Å². The summed E-state index contributed by atoms with van der Waals surface area (Å²) in [6, 6.07) is 0. The summed E-state index contributed by atoms with van der Waals surface area (Å²) in [5.41, 5.74) is 0. The molecule has 0 bridgehead atoms. The fourth-order valence-corrected chi connectivity index (χ4v) is 0.868. The third-order valence-corrected chi connectivity index (χ3v) is 2.13. The van der Waals surface area contributed by atoms with Gasteiger partial charge in [0.15, 0.2) is 11.0 Å². The Morgan fingerprint density at radius 2 is 1.06 bits per heavy atom. The van der Waals surface area contributed by atoms with Crippen molar-refractivity contribution in [1.82, 2.24) is 0 Å². The Labute approximate surface area is 84.2 Å². The number of hydrogen-bond donors (Lipinski definition) is 1. The van der Waals surface area contributed by atoms with Crippen molar-refractivity contribution in [2.45, 2.75) is 23.3 Å². The topological polar surface area (TPSA) is 43.1 Å². The first kappa shape index (κ1) is 15.5. The van der Waals surface area contributed by atoms with Gasteiger partial charge in [-0.2, -0.15) is 39.5 Å². The highest BCUT2D eigenvalue weighted by Gasteiger charge is 2.83. The zero-order chi connectivity index (χ0) is 13.6. The number of hydrogen-bond acceptors (Lipinski definition) is 1. The van der Waals surface area contributed by atoms with E-state index in [1.807, 2.05) is 0 Å². The van der Waals surface area contributed by atoms with Gasteiger partial charge in [-0.15, -0.1) is 0 Å². The summed E-state index contributed by atoms with van der Waals surface area (Å²) >= 11 is 0. The molecule has 0 fully saturated rings. The first-order chi connectivity index (χ1) is 6.69. The van der Waals surface area contributed by atoms with E-state index in [-0.39, 0.29) is 0 Å². The van der Waals surface area contributed by atoms with Gasteiger partial charge in [-0.3, -0.25) is 0 Å². The maximum atomic E-state index is 12.2.